The molecular formula is C15H25NO2S. The van der Waals surface area contributed by atoms with Gasteiger partial charge in [0.2, 0.25) is 0 Å². The second kappa shape index (κ2) is 8.33. The van der Waals surface area contributed by atoms with E-state index in [-0.39, 0.29) is 5.75 Å². The Morgan fingerprint density at radius 3 is 2.42 bits per heavy atom. The van der Waals surface area contributed by atoms with Crippen LogP contribution in [0.3, 0.4) is 0 Å². The van der Waals surface area contributed by atoms with Crippen LogP contribution in [0.25, 0.3) is 0 Å². The summed E-state index contributed by atoms with van der Waals surface area (Å²) < 4.78 is 23.0. The molecule has 4 heteroatoms. The molecule has 3 nitrogen and oxygen atoms in total. The molecular weight excluding hydrogens is 258 g/mol. The minimum Gasteiger partial charge on any atom is -0.316 e. The van der Waals surface area contributed by atoms with Gasteiger partial charge in [0.05, 0.1) is 5.75 Å². The fourth-order valence-electron chi connectivity index (χ4n) is 2.03. The lowest BCUT2D eigenvalue weighted by Crippen LogP contribution is -2.25. The molecule has 1 N–H and O–H groups in total. The maximum absolute atomic E-state index is 11.5. The predicted molar refractivity (Wildman–Crippen MR) is 81.3 cm³/mol. The monoisotopic (exact) mass is 283 g/mol. The summed E-state index contributed by atoms with van der Waals surface area (Å²) in [6, 6.07) is 10.4. The quantitative estimate of drug-likeness (QED) is 0.709. The van der Waals surface area contributed by atoms with Gasteiger partial charge < -0.3 is 5.32 Å². The van der Waals surface area contributed by atoms with Crippen LogP contribution in [0.2, 0.25) is 0 Å². The van der Waals surface area contributed by atoms with Gasteiger partial charge >= 0.3 is 0 Å². The van der Waals surface area contributed by atoms with E-state index >= 15 is 0 Å². The maximum atomic E-state index is 11.5. The van der Waals surface area contributed by atoms with E-state index in [1.165, 1.54) is 5.56 Å². The molecule has 1 aromatic rings. The van der Waals surface area contributed by atoms with Crippen LogP contribution in [0.1, 0.15) is 38.2 Å². The molecule has 1 rings (SSSR count). The Morgan fingerprint density at radius 2 is 1.79 bits per heavy atom. The first-order valence-corrected chi connectivity index (χ1v) is 8.83. The Labute approximate surface area is 117 Å². The van der Waals surface area contributed by atoms with Crippen molar-refractivity contribution in [1.29, 1.82) is 0 Å². The normalized spacial score (nSPS) is 13.4. The number of hydrogen-bond donors (Lipinski definition) is 1. The van der Waals surface area contributed by atoms with Gasteiger partial charge in [-0.1, -0.05) is 44.2 Å². The number of nitrogens with one attached hydrogen (secondary N) is 1. The molecule has 0 heterocycles. The van der Waals surface area contributed by atoms with Gasteiger partial charge in [0.1, 0.15) is 0 Å². The molecule has 0 amide bonds. The van der Waals surface area contributed by atoms with Crippen molar-refractivity contribution in [3.63, 3.8) is 0 Å². The molecule has 1 aromatic carbocycles. The molecule has 0 aromatic heterocycles. The Hall–Kier alpha value is -0.870. The molecule has 0 aliphatic rings. The third kappa shape index (κ3) is 6.73. The van der Waals surface area contributed by atoms with E-state index in [0.717, 1.165) is 13.0 Å². The highest BCUT2D eigenvalue weighted by Crippen LogP contribution is 2.17. The van der Waals surface area contributed by atoms with Gasteiger partial charge in [-0.05, 0) is 30.9 Å². The maximum Gasteiger partial charge on any atom is 0.151 e. The molecule has 0 saturated carbocycles. The molecule has 0 fully saturated rings. The fraction of sp³-hybridized carbons (Fsp3) is 0.600. The highest BCUT2D eigenvalue weighted by Gasteiger charge is 2.08. The van der Waals surface area contributed by atoms with E-state index in [1.54, 1.807) is 0 Å². The van der Waals surface area contributed by atoms with Crippen LogP contribution in [0.4, 0.5) is 0 Å². The van der Waals surface area contributed by atoms with Crippen LogP contribution in [0.15, 0.2) is 30.3 Å². The fourth-order valence-corrected chi connectivity index (χ4v) is 3.31. The summed E-state index contributed by atoms with van der Waals surface area (Å²) in [6.45, 7) is 5.51. The Balaban J connectivity index is 2.18. The zero-order valence-corrected chi connectivity index (χ0v) is 12.7. The summed E-state index contributed by atoms with van der Waals surface area (Å²) in [5.41, 5.74) is 1.34. The lowest BCUT2D eigenvalue weighted by molar-refractivity contribution is 0.580. The number of benzene rings is 1. The van der Waals surface area contributed by atoms with E-state index in [2.05, 4.69) is 36.5 Å². The second-order valence-corrected chi connectivity index (χ2v) is 7.31. The molecule has 0 radical (unpaired) electrons. The van der Waals surface area contributed by atoms with Crippen LogP contribution in [-0.2, 0) is 9.84 Å². The smallest absolute Gasteiger partial charge is 0.151 e. The SMILES string of the molecule is CCCS(=O)(=O)CCNCCC(C)c1ccccc1. The molecule has 0 bridgehead atoms. The van der Waals surface area contributed by atoms with Crippen molar-refractivity contribution >= 4 is 9.84 Å². The molecule has 0 spiro atoms. The van der Waals surface area contributed by atoms with Crippen LogP contribution in [0.5, 0.6) is 0 Å². The first kappa shape index (κ1) is 16.2. The highest BCUT2D eigenvalue weighted by molar-refractivity contribution is 7.91. The van der Waals surface area contributed by atoms with E-state index in [1.807, 2.05) is 13.0 Å². The standard InChI is InChI=1S/C15H25NO2S/c1-3-12-19(17,18)13-11-16-10-9-14(2)15-7-5-4-6-8-15/h4-8,14,16H,3,9-13H2,1-2H3. The van der Waals surface area contributed by atoms with Crippen LogP contribution >= 0.6 is 0 Å². The zero-order valence-electron chi connectivity index (χ0n) is 11.9. The van der Waals surface area contributed by atoms with Gasteiger partial charge in [0.25, 0.3) is 0 Å². The number of hydrogen-bond acceptors (Lipinski definition) is 3. The molecule has 108 valence electrons. The van der Waals surface area contributed by atoms with Gasteiger partial charge in [0.15, 0.2) is 9.84 Å². The molecule has 0 aliphatic heterocycles. The topological polar surface area (TPSA) is 46.2 Å². The van der Waals surface area contributed by atoms with Crippen molar-refractivity contribution in [2.45, 2.75) is 32.6 Å². The first-order chi connectivity index (χ1) is 9.05. The lowest BCUT2D eigenvalue weighted by Gasteiger charge is -2.12. The van der Waals surface area contributed by atoms with Gasteiger partial charge in [-0.2, -0.15) is 0 Å². The van der Waals surface area contributed by atoms with Crippen molar-refractivity contribution in [3.8, 4) is 0 Å². The van der Waals surface area contributed by atoms with Gasteiger partial charge in [0, 0.05) is 12.3 Å². The second-order valence-electron chi connectivity index (χ2n) is 5.00. The van der Waals surface area contributed by atoms with E-state index < -0.39 is 9.84 Å². The predicted octanol–water partition coefficient (Wildman–Crippen LogP) is 2.59. The Bertz CT molecular complexity index is 442. The summed E-state index contributed by atoms with van der Waals surface area (Å²) in [7, 11) is -2.85. The van der Waals surface area contributed by atoms with Crippen molar-refractivity contribution in [3.05, 3.63) is 35.9 Å². The van der Waals surface area contributed by atoms with Crippen LogP contribution in [0, 0.1) is 0 Å². The van der Waals surface area contributed by atoms with Crippen molar-refractivity contribution < 1.29 is 8.42 Å². The third-order valence-corrected chi connectivity index (χ3v) is 5.08. The molecule has 0 aliphatic carbocycles. The molecule has 19 heavy (non-hydrogen) atoms. The minimum atomic E-state index is -2.85. The average molecular weight is 283 g/mol. The van der Waals surface area contributed by atoms with E-state index in [9.17, 15) is 8.42 Å². The van der Waals surface area contributed by atoms with Gasteiger partial charge in [-0.25, -0.2) is 8.42 Å². The lowest BCUT2D eigenvalue weighted by atomic mass is 9.98. The average Bonchev–Trinajstić information content (AvgIpc) is 2.39. The van der Waals surface area contributed by atoms with Gasteiger partial charge in [-0.15, -0.1) is 0 Å². The largest absolute Gasteiger partial charge is 0.316 e. The van der Waals surface area contributed by atoms with E-state index in [0.29, 0.717) is 24.6 Å². The number of rotatable bonds is 9. The van der Waals surface area contributed by atoms with Crippen molar-refractivity contribution in [2.24, 2.45) is 0 Å². The number of sulfone groups is 1. The van der Waals surface area contributed by atoms with Gasteiger partial charge in [-0.3, -0.25) is 0 Å². The molecule has 0 saturated heterocycles. The summed E-state index contributed by atoms with van der Waals surface area (Å²) in [5, 5.41) is 3.22. The highest BCUT2D eigenvalue weighted by atomic mass is 32.2. The Kier molecular flexibility index (Phi) is 7.10. The summed E-state index contributed by atoms with van der Waals surface area (Å²) in [4.78, 5) is 0. The first-order valence-electron chi connectivity index (χ1n) is 7.01. The minimum absolute atomic E-state index is 0.251. The van der Waals surface area contributed by atoms with Crippen LogP contribution in [-0.4, -0.2) is 33.0 Å². The Morgan fingerprint density at radius 1 is 1.11 bits per heavy atom. The van der Waals surface area contributed by atoms with E-state index in [4.69, 9.17) is 0 Å². The third-order valence-electron chi connectivity index (χ3n) is 3.23. The summed E-state index contributed by atoms with van der Waals surface area (Å²) >= 11 is 0. The summed E-state index contributed by atoms with van der Waals surface area (Å²) in [6.07, 6.45) is 1.73. The van der Waals surface area contributed by atoms with Crippen molar-refractivity contribution in [2.75, 3.05) is 24.6 Å². The zero-order chi connectivity index (χ0) is 14.1. The molecule has 1 atom stereocenters. The summed E-state index contributed by atoms with van der Waals surface area (Å²) in [5.74, 6) is 1.05. The van der Waals surface area contributed by atoms with Crippen molar-refractivity contribution in [1.82, 2.24) is 5.32 Å². The van der Waals surface area contributed by atoms with Crippen LogP contribution < -0.4 is 5.32 Å². The molecule has 1 unspecified atom stereocenters.